The second-order valence-electron chi connectivity index (χ2n) is 6.85. The van der Waals surface area contributed by atoms with Crippen molar-refractivity contribution in [3.8, 4) is 5.75 Å². The first-order chi connectivity index (χ1) is 15.2. The third-order valence-corrected chi connectivity index (χ3v) is 7.52. The maximum atomic E-state index is 13.5. The van der Waals surface area contributed by atoms with Gasteiger partial charge in [-0.3, -0.25) is 9.10 Å². The molecule has 1 amide bonds. The fourth-order valence-corrected chi connectivity index (χ4v) is 5.11. The number of hydrogen-bond donors (Lipinski definition) is 1. The molecule has 0 radical (unpaired) electrons. The van der Waals surface area contributed by atoms with Gasteiger partial charge in [0, 0.05) is 9.90 Å². The van der Waals surface area contributed by atoms with Crippen LogP contribution in [-0.2, 0) is 14.8 Å². The number of hydrogen-bond acceptors (Lipinski definition) is 6. The van der Waals surface area contributed by atoms with E-state index in [0.29, 0.717) is 10.7 Å². The summed E-state index contributed by atoms with van der Waals surface area (Å²) in [4.78, 5) is 13.7. The van der Waals surface area contributed by atoms with Gasteiger partial charge in [-0.2, -0.15) is 5.10 Å². The quantitative estimate of drug-likeness (QED) is 0.372. The van der Waals surface area contributed by atoms with Crippen LogP contribution in [0.3, 0.4) is 0 Å². The summed E-state index contributed by atoms with van der Waals surface area (Å²) >= 11 is 7.62. The number of rotatable bonds is 8. The normalized spacial score (nSPS) is 11.8. The number of carbonyl (C=O) groups excluding carboxylic acids is 1. The average molecular weight is 492 g/mol. The van der Waals surface area contributed by atoms with Crippen molar-refractivity contribution in [3.05, 3.63) is 75.4 Å². The van der Waals surface area contributed by atoms with Crippen molar-refractivity contribution in [2.45, 2.75) is 18.7 Å². The smallest absolute Gasteiger partial charge is 0.264 e. The van der Waals surface area contributed by atoms with Crippen LogP contribution in [0.4, 0.5) is 5.69 Å². The summed E-state index contributed by atoms with van der Waals surface area (Å²) < 4.78 is 33.3. The van der Waals surface area contributed by atoms with Crippen LogP contribution in [0, 0.1) is 6.92 Å². The largest absolute Gasteiger partial charge is 0.495 e. The van der Waals surface area contributed by atoms with Gasteiger partial charge in [0.25, 0.3) is 15.9 Å². The van der Waals surface area contributed by atoms with Crippen LogP contribution < -0.4 is 14.5 Å². The zero-order chi connectivity index (χ0) is 23.3. The number of nitrogens with one attached hydrogen (secondary N) is 1. The predicted octanol–water partition coefficient (Wildman–Crippen LogP) is 4.45. The van der Waals surface area contributed by atoms with E-state index in [1.54, 1.807) is 31.2 Å². The molecule has 1 heterocycles. The highest BCUT2D eigenvalue weighted by atomic mass is 35.5. The van der Waals surface area contributed by atoms with Crippen LogP contribution in [-0.4, -0.2) is 33.7 Å². The second kappa shape index (κ2) is 10.2. The Balaban J connectivity index is 1.97. The van der Waals surface area contributed by atoms with Gasteiger partial charge in [0.05, 0.1) is 23.4 Å². The number of sulfonamides is 1. The molecule has 0 fully saturated rings. The molecule has 0 aliphatic rings. The molecule has 0 saturated heterocycles. The summed E-state index contributed by atoms with van der Waals surface area (Å²) in [6.45, 7) is 3.09. The number of halogens is 1. The molecule has 0 aliphatic heterocycles. The molecule has 1 N–H and O–H groups in total. The lowest BCUT2D eigenvalue weighted by Gasteiger charge is -2.25. The average Bonchev–Trinajstić information content (AvgIpc) is 3.31. The maximum absolute atomic E-state index is 13.5. The minimum Gasteiger partial charge on any atom is -0.495 e. The van der Waals surface area contributed by atoms with Gasteiger partial charge in [-0.15, -0.1) is 11.3 Å². The van der Waals surface area contributed by atoms with Crippen LogP contribution >= 0.6 is 22.9 Å². The molecule has 2 aromatic carbocycles. The number of thiophene rings is 1. The molecule has 0 unspecified atom stereocenters. The van der Waals surface area contributed by atoms with Crippen molar-refractivity contribution < 1.29 is 17.9 Å². The second-order valence-corrected chi connectivity index (χ2v) is 10.1. The molecule has 0 saturated carbocycles. The Kier molecular flexibility index (Phi) is 7.55. The van der Waals surface area contributed by atoms with Crippen LogP contribution in [0.5, 0.6) is 5.75 Å². The predicted molar refractivity (Wildman–Crippen MR) is 128 cm³/mol. The fraction of sp³-hybridized carbons (Fsp3) is 0.182. The van der Waals surface area contributed by atoms with Crippen molar-refractivity contribution in [2.24, 2.45) is 5.10 Å². The van der Waals surface area contributed by atoms with E-state index >= 15 is 0 Å². The maximum Gasteiger partial charge on any atom is 0.264 e. The first kappa shape index (κ1) is 23.8. The van der Waals surface area contributed by atoms with Crippen molar-refractivity contribution in [1.29, 1.82) is 0 Å². The summed E-state index contributed by atoms with van der Waals surface area (Å²) in [5.41, 5.74) is 4.10. The lowest BCUT2D eigenvalue weighted by atomic mass is 10.2. The Labute approximate surface area is 196 Å². The molecule has 0 atom stereocenters. The Morgan fingerprint density at radius 1 is 1.19 bits per heavy atom. The van der Waals surface area contributed by atoms with Gasteiger partial charge in [-0.25, -0.2) is 13.8 Å². The summed E-state index contributed by atoms with van der Waals surface area (Å²) in [6, 6.07) is 14.7. The molecule has 32 heavy (non-hydrogen) atoms. The fourth-order valence-electron chi connectivity index (χ4n) is 2.85. The number of aryl methyl sites for hydroxylation is 1. The van der Waals surface area contributed by atoms with Crippen LogP contribution in [0.1, 0.15) is 17.4 Å². The molecule has 0 bridgehead atoms. The Hall–Kier alpha value is -2.88. The zero-order valence-corrected chi connectivity index (χ0v) is 20.1. The van der Waals surface area contributed by atoms with Crippen LogP contribution in [0.2, 0.25) is 5.02 Å². The van der Waals surface area contributed by atoms with Gasteiger partial charge in [0.2, 0.25) is 0 Å². The third-order valence-electron chi connectivity index (χ3n) is 4.53. The van der Waals surface area contributed by atoms with E-state index in [2.05, 4.69) is 10.5 Å². The number of hydrazone groups is 1. The highest BCUT2D eigenvalue weighted by molar-refractivity contribution is 7.92. The highest BCUT2D eigenvalue weighted by Gasteiger charge is 2.29. The van der Waals surface area contributed by atoms with Crippen molar-refractivity contribution >= 4 is 50.3 Å². The van der Waals surface area contributed by atoms with E-state index in [0.717, 1.165) is 14.7 Å². The number of amides is 1. The van der Waals surface area contributed by atoms with E-state index in [1.807, 2.05) is 24.4 Å². The summed E-state index contributed by atoms with van der Waals surface area (Å²) in [7, 11) is -2.69. The van der Waals surface area contributed by atoms with Crippen LogP contribution in [0.25, 0.3) is 0 Å². The van der Waals surface area contributed by atoms with Crippen molar-refractivity contribution in [3.63, 3.8) is 0 Å². The summed E-state index contributed by atoms with van der Waals surface area (Å²) in [5, 5.41) is 6.29. The highest BCUT2D eigenvalue weighted by Crippen LogP contribution is 2.34. The molecular formula is C22H22ClN3O4S2. The minimum atomic E-state index is -4.11. The number of nitrogens with zero attached hydrogens (tertiary/aromatic N) is 2. The molecule has 3 aromatic rings. The van der Waals surface area contributed by atoms with Gasteiger partial charge in [-0.05, 0) is 55.6 Å². The zero-order valence-electron chi connectivity index (χ0n) is 17.7. The van der Waals surface area contributed by atoms with Crippen molar-refractivity contribution in [2.75, 3.05) is 18.0 Å². The van der Waals surface area contributed by atoms with Gasteiger partial charge in [0.15, 0.2) is 0 Å². The van der Waals surface area contributed by atoms with E-state index in [4.69, 9.17) is 16.3 Å². The summed E-state index contributed by atoms with van der Waals surface area (Å²) in [6.07, 6.45) is 0. The van der Waals surface area contributed by atoms with Crippen molar-refractivity contribution in [1.82, 2.24) is 5.43 Å². The third kappa shape index (κ3) is 5.48. The Morgan fingerprint density at radius 2 is 1.91 bits per heavy atom. The number of benzene rings is 2. The standard InChI is InChI=1S/C22H22ClN3O4S2/c1-15-6-9-18(10-7-15)32(28,29)26(19-13-17(23)8-11-20(19)30-3)14-22(27)25-24-16(2)21-5-4-12-31-21/h4-13H,14H2,1-3H3,(H,25,27)/b24-16-. The SMILES string of the molecule is COc1ccc(Cl)cc1N(CC(=O)N/N=C(/C)c1cccs1)S(=O)(=O)c1ccc(C)cc1. The molecule has 3 rings (SSSR count). The summed E-state index contributed by atoms with van der Waals surface area (Å²) in [5.74, 6) is -0.352. The van der Waals surface area contributed by atoms with Gasteiger partial charge >= 0.3 is 0 Å². The lowest BCUT2D eigenvalue weighted by molar-refractivity contribution is -0.119. The van der Waals surface area contributed by atoms with E-state index in [-0.39, 0.29) is 16.3 Å². The van der Waals surface area contributed by atoms with Gasteiger partial charge in [-0.1, -0.05) is 35.4 Å². The number of methoxy groups -OCH3 is 1. The molecule has 1 aromatic heterocycles. The monoisotopic (exact) mass is 491 g/mol. The van der Waals surface area contributed by atoms with E-state index < -0.39 is 22.5 Å². The number of carbonyl (C=O) groups is 1. The van der Waals surface area contributed by atoms with Gasteiger partial charge in [0.1, 0.15) is 12.3 Å². The number of ether oxygens (including phenoxy) is 1. The van der Waals surface area contributed by atoms with E-state index in [9.17, 15) is 13.2 Å². The minimum absolute atomic E-state index is 0.0381. The molecule has 0 aliphatic carbocycles. The molecule has 10 heteroatoms. The molecule has 168 valence electrons. The molecular weight excluding hydrogens is 470 g/mol. The molecule has 7 nitrogen and oxygen atoms in total. The number of anilines is 1. The van der Waals surface area contributed by atoms with E-state index in [1.165, 1.54) is 36.6 Å². The van der Waals surface area contributed by atoms with Gasteiger partial charge < -0.3 is 4.74 Å². The Morgan fingerprint density at radius 3 is 2.53 bits per heavy atom. The first-order valence-electron chi connectivity index (χ1n) is 9.52. The first-order valence-corrected chi connectivity index (χ1v) is 12.2. The molecule has 0 spiro atoms. The lowest BCUT2D eigenvalue weighted by Crippen LogP contribution is -2.40. The van der Waals surface area contributed by atoms with Crippen LogP contribution in [0.15, 0.2) is 70.0 Å². The topological polar surface area (TPSA) is 88.1 Å². The Bertz CT molecular complexity index is 1220.